The molecule has 2 heterocycles. The predicted octanol–water partition coefficient (Wildman–Crippen LogP) is 1.25. The van der Waals surface area contributed by atoms with Crippen molar-refractivity contribution in [3.05, 3.63) is 29.8 Å². The first-order valence-electron chi connectivity index (χ1n) is 7.08. The van der Waals surface area contributed by atoms with Gasteiger partial charge >= 0.3 is 0 Å². The Hall–Kier alpha value is -1.55. The molecule has 0 bridgehead atoms. The van der Waals surface area contributed by atoms with Crippen molar-refractivity contribution in [2.75, 3.05) is 13.1 Å². The van der Waals surface area contributed by atoms with E-state index in [1.165, 1.54) is 0 Å². The summed E-state index contributed by atoms with van der Waals surface area (Å²) in [4.78, 5) is 12.2. The van der Waals surface area contributed by atoms with Crippen molar-refractivity contribution >= 4 is 5.91 Å². The Morgan fingerprint density at radius 3 is 3.05 bits per heavy atom. The third kappa shape index (κ3) is 2.89. The molecule has 2 atom stereocenters. The van der Waals surface area contributed by atoms with E-state index < -0.39 is 0 Å². The maximum atomic E-state index is 12.2. The van der Waals surface area contributed by atoms with Gasteiger partial charge in [0, 0.05) is 12.5 Å². The van der Waals surface area contributed by atoms with Gasteiger partial charge in [-0.25, -0.2) is 0 Å². The lowest BCUT2D eigenvalue weighted by Gasteiger charge is -2.18. The molecule has 1 saturated heterocycles. The minimum absolute atomic E-state index is 0.0306. The molecule has 1 fully saturated rings. The summed E-state index contributed by atoms with van der Waals surface area (Å²) in [6.45, 7) is 2.04. The number of hydrogen-bond acceptors (Lipinski definition) is 3. The number of fused-ring (bicyclic) bond motifs is 1. The summed E-state index contributed by atoms with van der Waals surface area (Å²) in [6, 6.07) is 8.17. The molecular formula is C15H20N2O2. The Morgan fingerprint density at radius 1 is 1.26 bits per heavy atom. The zero-order valence-electron chi connectivity index (χ0n) is 11.0. The molecule has 3 rings (SSSR count). The Bertz CT molecular complexity index is 428. The number of carbonyl (C=O) groups is 1. The minimum atomic E-state index is -0.353. The molecule has 2 aliphatic heterocycles. The molecule has 4 nitrogen and oxygen atoms in total. The van der Waals surface area contributed by atoms with E-state index in [-0.39, 0.29) is 18.1 Å². The van der Waals surface area contributed by atoms with Crippen LogP contribution in [0.25, 0.3) is 0 Å². The molecule has 2 aliphatic rings. The van der Waals surface area contributed by atoms with E-state index >= 15 is 0 Å². The standard InChI is InChI=1S/C15H20N2O2/c18-15(17-12-5-3-8-16-9-7-12)14-10-11-4-1-2-6-13(11)19-14/h1-2,4,6,12,14,16H,3,5,7-10H2,(H,17,18). The van der Waals surface area contributed by atoms with Gasteiger partial charge < -0.3 is 15.4 Å². The number of carbonyl (C=O) groups excluding carboxylic acids is 1. The van der Waals surface area contributed by atoms with Crippen LogP contribution < -0.4 is 15.4 Å². The molecular weight excluding hydrogens is 240 g/mol. The van der Waals surface area contributed by atoms with Crippen molar-refractivity contribution < 1.29 is 9.53 Å². The number of ether oxygens (including phenoxy) is 1. The van der Waals surface area contributed by atoms with Gasteiger partial charge in [0.15, 0.2) is 6.10 Å². The van der Waals surface area contributed by atoms with Crippen molar-refractivity contribution in [3.63, 3.8) is 0 Å². The first-order chi connectivity index (χ1) is 9.33. The fraction of sp³-hybridized carbons (Fsp3) is 0.533. The van der Waals surface area contributed by atoms with Crippen molar-refractivity contribution in [1.82, 2.24) is 10.6 Å². The van der Waals surface area contributed by atoms with Gasteiger partial charge in [-0.1, -0.05) is 18.2 Å². The van der Waals surface area contributed by atoms with Gasteiger partial charge in [0.2, 0.25) is 0 Å². The number of benzene rings is 1. The fourth-order valence-electron chi connectivity index (χ4n) is 2.79. The van der Waals surface area contributed by atoms with Crippen LogP contribution in [0.3, 0.4) is 0 Å². The molecule has 1 aromatic rings. The molecule has 0 aliphatic carbocycles. The molecule has 1 amide bonds. The van der Waals surface area contributed by atoms with Crippen LogP contribution in [0, 0.1) is 0 Å². The van der Waals surface area contributed by atoms with Crippen LogP contribution in [-0.2, 0) is 11.2 Å². The van der Waals surface area contributed by atoms with Gasteiger partial charge in [-0.2, -0.15) is 0 Å². The molecule has 102 valence electrons. The lowest BCUT2D eigenvalue weighted by molar-refractivity contribution is -0.128. The smallest absolute Gasteiger partial charge is 0.261 e. The van der Waals surface area contributed by atoms with E-state index in [0.717, 1.165) is 43.7 Å². The first-order valence-corrected chi connectivity index (χ1v) is 7.08. The van der Waals surface area contributed by atoms with Gasteiger partial charge in [-0.15, -0.1) is 0 Å². The number of rotatable bonds is 2. The van der Waals surface area contributed by atoms with Gasteiger partial charge in [-0.05, 0) is 44.0 Å². The third-order valence-corrected chi connectivity index (χ3v) is 3.86. The summed E-state index contributed by atoms with van der Waals surface area (Å²) in [5, 5.41) is 6.48. The van der Waals surface area contributed by atoms with Crippen LogP contribution >= 0.6 is 0 Å². The van der Waals surface area contributed by atoms with Crippen LogP contribution in [-0.4, -0.2) is 31.1 Å². The predicted molar refractivity (Wildman–Crippen MR) is 73.2 cm³/mol. The van der Waals surface area contributed by atoms with Crippen LogP contribution in [0.5, 0.6) is 5.75 Å². The average molecular weight is 260 g/mol. The summed E-state index contributed by atoms with van der Waals surface area (Å²) < 4.78 is 5.71. The summed E-state index contributed by atoms with van der Waals surface area (Å²) in [5.74, 6) is 0.883. The highest BCUT2D eigenvalue weighted by Gasteiger charge is 2.30. The quantitative estimate of drug-likeness (QED) is 0.841. The van der Waals surface area contributed by atoms with Crippen molar-refractivity contribution in [2.45, 2.75) is 37.8 Å². The second-order valence-corrected chi connectivity index (χ2v) is 5.30. The molecule has 0 spiro atoms. The summed E-state index contributed by atoms with van der Waals surface area (Å²) in [5.41, 5.74) is 1.13. The Morgan fingerprint density at radius 2 is 2.16 bits per heavy atom. The highest BCUT2D eigenvalue weighted by atomic mass is 16.5. The fourth-order valence-corrected chi connectivity index (χ4v) is 2.79. The van der Waals surface area contributed by atoms with Crippen LogP contribution in [0.15, 0.2) is 24.3 Å². The number of hydrogen-bond donors (Lipinski definition) is 2. The van der Waals surface area contributed by atoms with E-state index in [1.54, 1.807) is 0 Å². The number of para-hydroxylation sites is 1. The molecule has 4 heteroatoms. The van der Waals surface area contributed by atoms with E-state index in [0.29, 0.717) is 6.42 Å². The molecule has 1 aromatic carbocycles. The Kier molecular flexibility index (Phi) is 3.69. The average Bonchev–Trinajstić information content (AvgIpc) is 2.70. The summed E-state index contributed by atoms with van der Waals surface area (Å²) in [6.07, 6.45) is 3.52. The van der Waals surface area contributed by atoms with Crippen molar-refractivity contribution in [1.29, 1.82) is 0 Å². The van der Waals surface area contributed by atoms with Crippen molar-refractivity contribution in [2.24, 2.45) is 0 Å². The van der Waals surface area contributed by atoms with E-state index in [1.807, 2.05) is 24.3 Å². The SMILES string of the molecule is O=C(NC1CCCNCC1)C1Cc2ccccc2O1. The van der Waals surface area contributed by atoms with Gasteiger partial charge in [0.25, 0.3) is 5.91 Å². The van der Waals surface area contributed by atoms with Gasteiger partial charge in [-0.3, -0.25) is 4.79 Å². The van der Waals surface area contributed by atoms with E-state index in [4.69, 9.17) is 4.74 Å². The molecule has 2 unspecified atom stereocenters. The van der Waals surface area contributed by atoms with E-state index in [9.17, 15) is 4.79 Å². The minimum Gasteiger partial charge on any atom is -0.480 e. The van der Waals surface area contributed by atoms with E-state index in [2.05, 4.69) is 10.6 Å². The Labute approximate surface area is 113 Å². The zero-order valence-corrected chi connectivity index (χ0v) is 11.0. The topological polar surface area (TPSA) is 50.4 Å². The Balaban J connectivity index is 1.57. The van der Waals surface area contributed by atoms with Gasteiger partial charge in [0.1, 0.15) is 5.75 Å². The van der Waals surface area contributed by atoms with Gasteiger partial charge in [0.05, 0.1) is 0 Å². The molecule has 0 aromatic heterocycles. The second kappa shape index (κ2) is 5.61. The lowest BCUT2D eigenvalue weighted by Crippen LogP contribution is -2.43. The monoisotopic (exact) mass is 260 g/mol. The number of amides is 1. The van der Waals surface area contributed by atoms with Crippen LogP contribution in [0.2, 0.25) is 0 Å². The normalized spacial score (nSPS) is 26.1. The largest absolute Gasteiger partial charge is 0.480 e. The summed E-state index contributed by atoms with van der Waals surface area (Å²) >= 11 is 0. The molecule has 2 N–H and O–H groups in total. The highest BCUT2D eigenvalue weighted by Crippen LogP contribution is 2.28. The maximum absolute atomic E-state index is 12.2. The van der Waals surface area contributed by atoms with Crippen LogP contribution in [0.1, 0.15) is 24.8 Å². The second-order valence-electron chi connectivity index (χ2n) is 5.30. The third-order valence-electron chi connectivity index (χ3n) is 3.86. The zero-order chi connectivity index (χ0) is 13.1. The lowest BCUT2D eigenvalue weighted by atomic mass is 10.1. The highest BCUT2D eigenvalue weighted by molar-refractivity contribution is 5.82. The molecule has 19 heavy (non-hydrogen) atoms. The summed E-state index contributed by atoms with van der Waals surface area (Å²) in [7, 11) is 0. The maximum Gasteiger partial charge on any atom is 0.261 e. The first kappa shape index (κ1) is 12.5. The van der Waals surface area contributed by atoms with Crippen LogP contribution in [0.4, 0.5) is 0 Å². The molecule has 0 saturated carbocycles. The number of nitrogens with one attached hydrogen (secondary N) is 2. The van der Waals surface area contributed by atoms with Crippen molar-refractivity contribution in [3.8, 4) is 5.75 Å². The molecule has 0 radical (unpaired) electrons.